The van der Waals surface area contributed by atoms with Gasteiger partial charge in [-0.25, -0.2) is 0 Å². The quantitative estimate of drug-likeness (QED) is 0.547. The molecular weight excluding hydrogens is 198 g/mol. The minimum Gasteiger partial charge on any atom is -0.382 e. The molecule has 2 nitrogen and oxygen atoms in total. The van der Waals surface area contributed by atoms with Gasteiger partial charge in [0.05, 0.1) is 0 Å². The molecule has 0 saturated carbocycles. The molecule has 0 aromatic heterocycles. The molecular formula is C14H31NO. The third-order valence-electron chi connectivity index (χ3n) is 2.83. The lowest BCUT2D eigenvalue weighted by Gasteiger charge is -2.18. The lowest BCUT2D eigenvalue weighted by Crippen LogP contribution is -2.31. The van der Waals surface area contributed by atoms with Crippen LogP contribution in [-0.4, -0.2) is 25.8 Å². The molecule has 98 valence electrons. The Balaban J connectivity index is 3.62. The van der Waals surface area contributed by atoms with Crippen molar-refractivity contribution in [3.63, 3.8) is 0 Å². The van der Waals surface area contributed by atoms with E-state index < -0.39 is 0 Å². The number of nitrogens with one attached hydrogen (secondary N) is 1. The normalized spacial score (nSPS) is 13.3. The van der Waals surface area contributed by atoms with Crippen LogP contribution in [0.15, 0.2) is 0 Å². The van der Waals surface area contributed by atoms with Crippen LogP contribution < -0.4 is 5.32 Å². The maximum absolute atomic E-state index is 5.43. The van der Waals surface area contributed by atoms with Gasteiger partial charge in [-0.2, -0.15) is 0 Å². The number of rotatable bonds is 11. The fraction of sp³-hybridized carbons (Fsp3) is 1.00. The summed E-state index contributed by atoms with van der Waals surface area (Å²) in [6.45, 7) is 11.8. The summed E-state index contributed by atoms with van der Waals surface area (Å²) in [4.78, 5) is 0. The second-order valence-corrected chi connectivity index (χ2v) is 4.96. The van der Waals surface area contributed by atoms with E-state index in [2.05, 4.69) is 33.0 Å². The Bertz CT molecular complexity index is 137. The van der Waals surface area contributed by atoms with Crippen molar-refractivity contribution < 1.29 is 4.74 Å². The van der Waals surface area contributed by atoms with Crippen LogP contribution in [0, 0.1) is 5.92 Å². The van der Waals surface area contributed by atoms with Crippen molar-refractivity contribution >= 4 is 0 Å². The number of hydrogen-bond donors (Lipinski definition) is 1. The average molecular weight is 229 g/mol. The zero-order valence-corrected chi connectivity index (χ0v) is 11.7. The summed E-state index contributed by atoms with van der Waals surface area (Å²) < 4.78 is 5.43. The van der Waals surface area contributed by atoms with Crippen molar-refractivity contribution in [2.75, 3.05) is 19.8 Å². The van der Waals surface area contributed by atoms with Crippen LogP contribution in [-0.2, 0) is 4.74 Å². The van der Waals surface area contributed by atoms with E-state index >= 15 is 0 Å². The largest absolute Gasteiger partial charge is 0.382 e. The van der Waals surface area contributed by atoms with Gasteiger partial charge in [-0.3, -0.25) is 0 Å². The molecule has 0 rings (SSSR count). The minimum absolute atomic E-state index is 0.658. The second-order valence-electron chi connectivity index (χ2n) is 4.96. The van der Waals surface area contributed by atoms with Crippen LogP contribution >= 0.6 is 0 Å². The van der Waals surface area contributed by atoms with Crippen molar-refractivity contribution in [1.82, 2.24) is 5.32 Å². The van der Waals surface area contributed by atoms with Gasteiger partial charge in [0.25, 0.3) is 0 Å². The van der Waals surface area contributed by atoms with E-state index in [4.69, 9.17) is 4.74 Å². The van der Waals surface area contributed by atoms with Crippen molar-refractivity contribution in [1.29, 1.82) is 0 Å². The molecule has 1 unspecified atom stereocenters. The van der Waals surface area contributed by atoms with Crippen LogP contribution in [0.25, 0.3) is 0 Å². The maximum atomic E-state index is 5.43. The van der Waals surface area contributed by atoms with E-state index in [-0.39, 0.29) is 0 Å². The summed E-state index contributed by atoms with van der Waals surface area (Å²) in [6.07, 6.45) is 6.36. The zero-order valence-electron chi connectivity index (χ0n) is 11.7. The lowest BCUT2D eigenvalue weighted by atomic mass is 10.0. The molecule has 0 aromatic rings. The molecule has 16 heavy (non-hydrogen) atoms. The molecule has 1 atom stereocenters. The smallest absolute Gasteiger partial charge is 0.0480 e. The van der Waals surface area contributed by atoms with Gasteiger partial charge in [0.15, 0.2) is 0 Å². The molecule has 0 bridgehead atoms. The summed E-state index contributed by atoms with van der Waals surface area (Å²) in [5.41, 5.74) is 0. The summed E-state index contributed by atoms with van der Waals surface area (Å²) in [7, 11) is 0. The monoisotopic (exact) mass is 229 g/mol. The highest BCUT2D eigenvalue weighted by Crippen LogP contribution is 2.10. The first-order valence-electron chi connectivity index (χ1n) is 7.01. The zero-order chi connectivity index (χ0) is 12.2. The van der Waals surface area contributed by atoms with Crippen molar-refractivity contribution in [2.45, 2.75) is 65.8 Å². The van der Waals surface area contributed by atoms with Gasteiger partial charge >= 0.3 is 0 Å². The van der Waals surface area contributed by atoms with Crippen molar-refractivity contribution in [3.8, 4) is 0 Å². The third-order valence-corrected chi connectivity index (χ3v) is 2.83. The topological polar surface area (TPSA) is 21.3 Å². The van der Waals surface area contributed by atoms with Crippen molar-refractivity contribution in [3.05, 3.63) is 0 Å². The van der Waals surface area contributed by atoms with Gasteiger partial charge in [0.1, 0.15) is 0 Å². The van der Waals surface area contributed by atoms with E-state index in [1.807, 2.05) is 0 Å². The van der Waals surface area contributed by atoms with Crippen LogP contribution in [0.5, 0.6) is 0 Å². The van der Waals surface area contributed by atoms with Gasteiger partial charge in [-0.15, -0.1) is 0 Å². The SMILES string of the molecule is CCCNC(CCCC(C)C)CCOCC. The van der Waals surface area contributed by atoms with Crippen LogP contribution in [0.2, 0.25) is 0 Å². The molecule has 1 N–H and O–H groups in total. The third kappa shape index (κ3) is 10.4. The minimum atomic E-state index is 0.658. The standard InChI is InChI=1S/C14H31NO/c1-5-11-15-14(10-12-16-6-2)9-7-8-13(3)4/h13-15H,5-12H2,1-4H3. The Morgan fingerprint density at radius 3 is 2.38 bits per heavy atom. The van der Waals surface area contributed by atoms with E-state index in [9.17, 15) is 0 Å². The highest BCUT2D eigenvalue weighted by atomic mass is 16.5. The summed E-state index contributed by atoms with van der Waals surface area (Å²) >= 11 is 0. The van der Waals surface area contributed by atoms with Crippen LogP contribution in [0.4, 0.5) is 0 Å². The van der Waals surface area contributed by atoms with E-state index in [1.54, 1.807) is 0 Å². The Morgan fingerprint density at radius 2 is 1.81 bits per heavy atom. The van der Waals surface area contributed by atoms with Crippen LogP contribution in [0.3, 0.4) is 0 Å². The molecule has 0 heterocycles. The highest BCUT2D eigenvalue weighted by molar-refractivity contribution is 4.67. The first-order chi connectivity index (χ1) is 7.70. The van der Waals surface area contributed by atoms with Crippen molar-refractivity contribution in [2.24, 2.45) is 5.92 Å². The molecule has 0 spiro atoms. The predicted molar refractivity (Wildman–Crippen MR) is 71.9 cm³/mol. The molecule has 0 fully saturated rings. The number of ether oxygens (including phenoxy) is 1. The second kappa shape index (κ2) is 11.4. The molecule has 0 aliphatic heterocycles. The van der Waals surface area contributed by atoms with E-state index in [0.717, 1.165) is 32.1 Å². The summed E-state index contributed by atoms with van der Waals surface area (Å²) in [5, 5.41) is 3.62. The predicted octanol–water partition coefficient (Wildman–Crippen LogP) is 3.61. The lowest BCUT2D eigenvalue weighted by molar-refractivity contribution is 0.135. The molecule has 0 radical (unpaired) electrons. The summed E-state index contributed by atoms with van der Waals surface area (Å²) in [5.74, 6) is 0.832. The molecule has 0 aromatic carbocycles. The molecule has 0 saturated heterocycles. The Hall–Kier alpha value is -0.0800. The first-order valence-corrected chi connectivity index (χ1v) is 7.01. The van der Waals surface area contributed by atoms with E-state index in [0.29, 0.717) is 6.04 Å². The molecule has 0 aliphatic rings. The average Bonchev–Trinajstić information content (AvgIpc) is 2.25. The summed E-state index contributed by atoms with van der Waals surface area (Å²) in [6, 6.07) is 0.658. The fourth-order valence-electron chi connectivity index (χ4n) is 1.84. The van der Waals surface area contributed by atoms with Gasteiger partial charge in [0.2, 0.25) is 0 Å². The maximum Gasteiger partial charge on any atom is 0.0480 e. The fourth-order valence-corrected chi connectivity index (χ4v) is 1.84. The number of hydrogen-bond acceptors (Lipinski definition) is 2. The molecule has 2 heteroatoms. The van der Waals surface area contributed by atoms with Gasteiger partial charge in [-0.05, 0) is 38.6 Å². The van der Waals surface area contributed by atoms with E-state index in [1.165, 1.54) is 25.7 Å². The highest BCUT2D eigenvalue weighted by Gasteiger charge is 2.07. The Labute approximate surface area is 102 Å². The Kier molecular flexibility index (Phi) is 11.3. The van der Waals surface area contributed by atoms with Gasteiger partial charge in [-0.1, -0.05) is 33.6 Å². The van der Waals surface area contributed by atoms with Gasteiger partial charge in [0, 0.05) is 19.3 Å². The van der Waals surface area contributed by atoms with Gasteiger partial charge < -0.3 is 10.1 Å². The first kappa shape index (κ1) is 15.9. The van der Waals surface area contributed by atoms with Crippen LogP contribution in [0.1, 0.15) is 59.8 Å². The molecule has 0 aliphatic carbocycles. The molecule has 0 amide bonds. The Morgan fingerprint density at radius 1 is 1.06 bits per heavy atom.